The highest BCUT2D eigenvalue weighted by atomic mass is 32.1. The largest absolute Gasteiger partial charge is 0.354 e. The zero-order valence-corrected chi connectivity index (χ0v) is 14.2. The molecule has 0 aromatic carbocycles. The molecule has 0 aliphatic carbocycles. The second-order valence-electron chi connectivity index (χ2n) is 6.62. The minimum atomic E-state index is -0.186. The zero-order valence-electron chi connectivity index (χ0n) is 13.4. The Kier molecular flexibility index (Phi) is 6.14. The molecule has 0 radical (unpaired) electrons. The first-order chi connectivity index (χ1) is 9.20. The Bertz CT molecular complexity index is 435. The molecule has 20 heavy (non-hydrogen) atoms. The van der Waals surface area contributed by atoms with Crippen molar-refractivity contribution < 1.29 is 4.79 Å². The van der Waals surface area contributed by atoms with Crippen LogP contribution in [0.2, 0.25) is 0 Å². The van der Waals surface area contributed by atoms with Crippen LogP contribution in [-0.2, 0) is 16.8 Å². The molecule has 1 heterocycles. The molecule has 1 atom stereocenters. The minimum absolute atomic E-state index is 0.0549. The standard InChI is InChI=1S/C15H27N3OS/c1-10(2)7-17-13(19)11(3)16-8-12-9-18-14(20-12)15(4,5)6/h9-11,16H,7-8H2,1-6H3,(H,17,19). The first-order valence-electron chi connectivity index (χ1n) is 7.16. The van der Waals surface area contributed by atoms with Gasteiger partial charge in [-0.2, -0.15) is 0 Å². The van der Waals surface area contributed by atoms with Crippen molar-refractivity contribution in [3.63, 3.8) is 0 Å². The predicted molar refractivity (Wildman–Crippen MR) is 85.0 cm³/mol. The van der Waals surface area contributed by atoms with E-state index in [2.05, 4.69) is 50.2 Å². The van der Waals surface area contributed by atoms with Gasteiger partial charge in [-0.15, -0.1) is 11.3 Å². The van der Waals surface area contributed by atoms with Crippen LogP contribution >= 0.6 is 11.3 Å². The van der Waals surface area contributed by atoms with E-state index in [0.717, 1.165) is 11.6 Å². The average molecular weight is 297 g/mol. The molecule has 1 unspecified atom stereocenters. The Hall–Kier alpha value is -0.940. The summed E-state index contributed by atoms with van der Waals surface area (Å²) in [6.07, 6.45) is 1.90. The summed E-state index contributed by atoms with van der Waals surface area (Å²) in [4.78, 5) is 17.5. The second kappa shape index (κ2) is 7.18. The third-order valence-corrected chi connectivity index (χ3v) is 4.28. The van der Waals surface area contributed by atoms with Crippen molar-refractivity contribution in [3.8, 4) is 0 Å². The highest BCUT2D eigenvalue weighted by molar-refractivity contribution is 7.11. The summed E-state index contributed by atoms with van der Waals surface area (Å²) in [5, 5.41) is 7.31. The lowest BCUT2D eigenvalue weighted by Crippen LogP contribution is -2.42. The number of nitrogens with zero attached hydrogens (tertiary/aromatic N) is 1. The molecule has 2 N–H and O–H groups in total. The first kappa shape index (κ1) is 17.1. The van der Waals surface area contributed by atoms with Gasteiger partial charge in [0.15, 0.2) is 0 Å². The van der Waals surface area contributed by atoms with E-state index in [0.29, 0.717) is 12.5 Å². The normalized spacial score (nSPS) is 13.6. The van der Waals surface area contributed by atoms with E-state index in [1.165, 1.54) is 4.88 Å². The van der Waals surface area contributed by atoms with Gasteiger partial charge in [0.1, 0.15) is 0 Å². The van der Waals surface area contributed by atoms with E-state index < -0.39 is 0 Å². The Morgan fingerprint density at radius 3 is 2.50 bits per heavy atom. The molecule has 5 heteroatoms. The van der Waals surface area contributed by atoms with Crippen LogP contribution in [0.15, 0.2) is 6.20 Å². The van der Waals surface area contributed by atoms with E-state index >= 15 is 0 Å². The van der Waals surface area contributed by atoms with Gasteiger partial charge in [-0.1, -0.05) is 34.6 Å². The lowest BCUT2D eigenvalue weighted by molar-refractivity contribution is -0.122. The van der Waals surface area contributed by atoms with Crippen LogP contribution < -0.4 is 10.6 Å². The van der Waals surface area contributed by atoms with E-state index in [-0.39, 0.29) is 17.4 Å². The predicted octanol–water partition coefficient (Wildman–Crippen LogP) is 2.69. The SMILES string of the molecule is CC(C)CNC(=O)C(C)NCc1cnc(C(C)(C)C)s1. The van der Waals surface area contributed by atoms with Gasteiger partial charge < -0.3 is 10.6 Å². The van der Waals surface area contributed by atoms with Gasteiger partial charge in [-0.25, -0.2) is 4.98 Å². The van der Waals surface area contributed by atoms with Crippen LogP contribution in [0.1, 0.15) is 51.4 Å². The Morgan fingerprint density at radius 2 is 2.00 bits per heavy atom. The summed E-state index contributed by atoms with van der Waals surface area (Å²) in [6, 6.07) is -0.186. The lowest BCUT2D eigenvalue weighted by Gasteiger charge is -2.15. The summed E-state index contributed by atoms with van der Waals surface area (Å²) >= 11 is 1.71. The topological polar surface area (TPSA) is 54.0 Å². The number of nitrogens with one attached hydrogen (secondary N) is 2. The molecule has 0 aliphatic heterocycles. The quantitative estimate of drug-likeness (QED) is 0.849. The maximum Gasteiger partial charge on any atom is 0.236 e. The maximum atomic E-state index is 11.8. The Labute approximate surface area is 126 Å². The van der Waals surface area contributed by atoms with Crippen molar-refractivity contribution in [1.82, 2.24) is 15.6 Å². The number of aromatic nitrogens is 1. The van der Waals surface area contributed by atoms with E-state index in [1.54, 1.807) is 11.3 Å². The molecule has 0 spiro atoms. The molecule has 0 fully saturated rings. The van der Waals surface area contributed by atoms with Crippen molar-refractivity contribution in [1.29, 1.82) is 0 Å². The van der Waals surface area contributed by atoms with Gasteiger partial charge in [-0.3, -0.25) is 4.79 Å². The van der Waals surface area contributed by atoms with Crippen LogP contribution in [0.25, 0.3) is 0 Å². The van der Waals surface area contributed by atoms with Gasteiger partial charge in [0.2, 0.25) is 5.91 Å². The number of carbonyl (C=O) groups is 1. The molecule has 1 rings (SSSR count). The van der Waals surface area contributed by atoms with Crippen molar-refractivity contribution in [2.75, 3.05) is 6.54 Å². The van der Waals surface area contributed by atoms with Crippen molar-refractivity contribution >= 4 is 17.2 Å². The van der Waals surface area contributed by atoms with Crippen LogP contribution in [0, 0.1) is 5.92 Å². The van der Waals surface area contributed by atoms with Crippen LogP contribution in [0.5, 0.6) is 0 Å². The Balaban J connectivity index is 2.43. The molecule has 1 amide bonds. The van der Waals surface area contributed by atoms with E-state index in [9.17, 15) is 4.79 Å². The number of rotatable bonds is 6. The van der Waals surface area contributed by atoms with E-state index in [4.69, 9.17) is 0 Å². The van der Waals surface area contributed by atoms with Crippen LogP contribution in [-0.4, -0.2) is 23.5 Å². The Morgan fingerprint density at radius 1 is 1.35 bits per heavy atom. The maximum absolute atomic E-state index is 11.8. The number of thiazole rings is 1. The van der Waals surface area contributed by atoms with E-state index in [1.807, 2.05) is 13.1 Å². The lowest BCUT2D eigenvalue weighted by atomic mass is 9.98. The summed E-state index contributed by atoms with van der Waals surface area (Å²) in [6.45, 7) is 13.9. The smallest absolute Gasteiger partial charge is 0.236 e. The second-order valence-corrected chi connectivity index (χ2v) is 7.74. The summed E-state index contributed by atoms with van der Waals surface area (Å²) in [5.74, 6) is 0.529. The van der Waals surface area contributed by atoms with Crippen molar-refractivity contribution in [3.05, 3.63) is 16.1 Å². The molecule has 1 aromatic rings. The first-order valence-corrected chi connectivity index (χ1v) is 7.98. The molecule has 114 valence electrons. The fourth-order valence-electron chi connectivity index (χ4n) is 1.54. The molecule has 1 aromatic heterocycles. The van der Waals surface area contributed by atoms with Gasteiger partial charge in [0, 0.05) is 29.6 Å². The average Bonchev–Trinajstić information content (AvgIpc) is 2.81. The number of hydrogen-bond donors (Lipinski definition) is 2. The van der Waals surface area contributed by atoms with Crippen LogP contribution in [0.3, 0.4) is 0 Å². The third-order valence-electron chi connectivity index (χ3n) is 2.86. The zero-order chi connectivity index (χ0) is 15.3. The molecule has 0 aliphatic rings. The summed E-state index contributed by atoms with van der Waals surface area (Å²) in [5.41, 5.74) is 0.0865. The molecule has 4 nitrogen and oxygen atoms in total. The fourth-order valence-corrected chi connectivity index (χ4v) is 2.46. The summed E-state index contributed by atoms with van der Waals surface area (Å²) in [7, 11) is 0. The van der Waals surface area contributed by atoms with Gasteiger partial charge in [0.25, 0.3) is 0 Å². The van der Waals surface area contributed by atoms with Gasteiger partial charge in [-0.05, 0) is 12.8 Å². The number of amides is 1. The van der Waals surface area contributed by atoms with Gasteiger partial charge in [0.05, 0.1) is 11.0 Å². The van der Waals surface area contributed by atoms with Gasteiger partial charge >= 0.3 is 0 Å². The molecular formula is C15H27N3OS. The number of carbonyl (C=O) groups excluding carboxylic acids is 1. The highest BCUT2D eigenvalue weighted by Crippen LogP contribution is 2.26. The molecular weight excluding hydrogens is 270 g/mol. The van der Waals surface area contributed by atoms with Crippen LogP contribution in [0.4, 0.5) is 0 Å². The third kappa shape index (κ3) is 5.59. The molecule has 0 saturated carbocycles. The summed E-state index contributed by atoms with van der Waals surface area (Å²) < 4.78 is 0. The number of hydrogen-bond acceptors (Lipinski definition) is 4. The van der Waals surface area contributed by atoms with Crippen molar-refractivity contribution in [2.45, 2.75) is 59.5 Å². The highest BCUT2D eigenvalue weighted by Gasteiger charge is 2.18. The monoisotopic (exact) mass is 297 g/mol. The fraction of sp³-hybridized carbons (Fsp3) is 0.733. The minimum Gasteiger partial charge on any atom is -0.354 e. The van der Waals surface area contributed by atoms with Crippen molar-refractivity contribution in [2.24, 2.45) is 5.92 Å². The molecule has 0 saturated heterocycles. The molecule has 0 bridgehead atoms.